The number of fused-ring (bicyclic) bond motifs is 1. The third kappa shape index (κ3) is 3.56. The molecule has 1 saturated heterocycles. The standard InChI is InChI=1S/C20H27N5O2/c1-15-13-17(6-7-18(15)25(26)27)23-11-9-22(10-12-23)14-19-16(2)21-20-5-3-4-8-24(19)20/h6-7,13H,3-5,8-12,14H2,1-2H3. The number of imidazole rings is 1. The third-order valence-corrected chi connectivity index (χ3v) is 5.87. The van der Waals surface area contributed by atoms with Crippen LogP contribution >= 0.6 is 0 Å². The number of rotatable bonds is 4. The van der Waals surface area contributed by atoms with Gasteiger partial charge in [-0.25, -0.2) is 4.98 Å². The Morgan fingerprint density at radius 1 is 1.11 bits per heavy atom. The first-order valence-electron chi connectivity index (χ1n) is 9.80. The topological polar surface area (TPSA) is 67.4 Å². The summed E-state index contributed by atoms with van der Waals surface area (Å²) in [5.41, 5.74) is 4.56. The zero-order valence-corrected chi connectivity index (χ0v) is 16.1. The summed E-state index contributed by atoms with van der Waals surface area (Å²) in [5.74, 6) is 1.26. The van der Waals surface area contributed by atoms with E-state index in [-0.39, 0.29) is 10.6 Å². The van der Waals surface area contributed by atoms with E-state index in [9.17, 15) is 10.1 Å². The molecule has 3 heterocycles. The minimum absolute atomic E-state index is 0.193. The molecule has 1 aromatic heterocycles. The molecule has 4 rings (SSSR count). The van der Waals surface area contributed by atoms with Gasteiger partial charge in [-0.15, -0.1) is 0 Å². The molecule has 2 aliphatic heterocycles. The summed E-state index contributed by atoms with van der Waals surface area (Å²) in [6.07, 6.45) is 3.61. The number of hydrogen-bond acceptors (Lipinski definition) is 5. The van der Waals surface area contributed by atoms with Gasteiger partial charge in [0.15, 0.2) is 0 Å². The van der Waals surface area contributed by atoms with Gasteiger partial charge in [-0.1, -0.05) is 0 Å². The van der Waals surface area contributed by atoms with E-state index in [0.717, 1.165) is 56.9 Å². The van der Waals surface area contributed by atoms with E-state index >= 15 is 0 Å². The van der Waals surface area contributed by atoms with Gasteiger partial charge in [-0.05, 0) is 38.8 Å². The molecular formula is C20H27N5O2. The van der Waals surface area contributed by atoms with E-state index in [0.29, 0.717) is 0 Å². The van der Waals surface area contributed by atoms with Crippen molar-refractivity contribution in [2.75, 3.05) is 31.1 Å². The molecule has 144 valence electrons. The fourth-order valence-corrected chi connectivity index (χ4v) is 4.29. The van der Waals surface area contributed by atoms with Gasteiger partial charge in [0.1, 0.15) is 5.82 Å². The van der Waals surface area contributed by atoms with Crippen LogP contribution in [0.25, 0.3) is 0 Å². The second-order valence-corrected chi connectivity index (χ2v) is 7.66. The lowest BCUT2D eigenvalue weighted by atomic mass is 10.1. The maximum Gasteiger partial charge on any atom is 0.272 e. The first-order valence-corrected chi connectivity index (χ1v) is 9.80. The molecule has 1 fully saturated rings. The molecule has 2 aromatic rings. The second-order valence-electron chi connectivity index (χ2n) is 7.66. The quantitative estimate of drug-likeness (QED) is 0.612. The molecular weight excluding hydrogens is 342 g/mol. The highest BCUT2D eigenvalue weighted by atomic mass is 16.6. The number of piperazine rings is 1. The summed E-state index contributed by atoms with van der Waals surface area (Å²) in [6.45, 7) is 9.89. The lowest BCUT2D eigenvalue weighted by Gasteiger charge is -2.36. The Balaban J connectivity index is 1.40. The van der Waals surface area contributed by atoms with Gasteiger partial charge in [-0.2, -0.15) is 0 Å². The number of aryl methyl sites for hydroxylation is 3. The monoisotopic (exact) mass is 369 g/mol. The van der Waals surface area contributed by atoms with Crippen LogP contribution < -0.4 is 4.90 Å². The first-order chi connectivity index (χ1) is 13.0. The Labute approximate surface area is 159 Å². The number of nitrogens with zero attached hydrogens (tertiary/aromatic N) is 5. The normalized spacial score (nSPS) is 17.8. The highest BCUT2D eigenvalue weighted by molar-refractivity contribution is 5.55. The Morgan fingerprint density at radius 2 is 1.89 bits per heavy atom. The van der Waals surface area contributed by atoms with Crippen molar-refractivity contribution in [2.24, 2.45) is 0 Å². The maximum atomic E-state index is 11.0. The van der Waals surface area contributed by atoms with E-state index in [1.165, 1.54) is 30.1 Å². The minimum atomic E-state index is -0.314. The van der Waals surface area contributed by atoms with Gasteiger partial charge in [0, 0.05) is 63.0 Å². The fourth-order valence-electron chi connectivity index (χ4n) is 4.29. The van der Waals surface area contributed by atoms with E-state index in [4.69, 9.17) is 4.98 Å². The zero-order chi connectivity index (χ0) is 19.0. The number of anilines is 1. The number of hydrogen-bond donors (Lipinski definition) is 0. The Kier molecular flexibility index (Phi) is 4.86. The van der Waals surface area contributed by atoms with Gasteiger partial charge in [-0.3, -0.25) is 15.0 Å². The number of benzene rings is 1. The van der Waals surface area contributed by atoms with Crippen LogP contribution in [0.15, 0.2) is 18.2 Å². The van der Waals surface area contributed by atoms with Crippen molar-refractivity contribution < 1.29 is 4.92 Å². The summed E-state index contributed by atoms with van der Waals surface area (Å²) < 4.78 is 2.44. The Morgan fingerprint density at radius 3 is 2.59 bits per heavy atom. The lowest BCUT2D eigenvalue weighted by molar-refractivity contribution is -0.385. The number of aromatic nitrogens is 2. The molecule has 0 atom stereocenters. The summed E-state index contributed by atoms with van der Waals surface area (Å²) in [6, 6.07) is 5.43. The van der Waals surface area contributed by atoms with Crippen LogP contribution in [0.2, 0.25) is 0 Å². The van der Waals surface area contributed by atoms with Crippen molar-refractivity contribution in [3.63, 3.8) is 0 Å². The van der Waals surface area contributed by atoms with Gasteiger partial charge >= 0.3 is 0 Å². The molecule has 0 spiro atoms. The molecule has 0 aliphatic carbocycles. The smallest absolute Gasteiger partial charge is 0.272 e. The van der Waals surface area contributed by atoms with Crippen molar-refractivity contribution >= 4 is 11.4 Å². The third-order valence-electron chi connectivity index (χ3n) is 5.87. The van der Waals surface area contributed by atoms with Gasteiger partial charge < -0.3 is 9.47 Å². The maximum absolute atomic E-state index is 11.0. The molecule has 0 saturated carbocycles. The predicted octanol–water partition coefficient (Wildman–Crippen LogP) is 3.07. The molecule has 1 aromatic carbocycles. The summed E-state index contributed by atoms with van der Waals surface area (Å²) in [7, 11) is 0. The summed E-state index contributed by atoms with van der Waals surface area (Å²) >= 11 is 0. The molecule has 7 heteroatoms. The van der Waals surface area contributed by atoms with Crippen molar-refractivity contribution in [3.05, 3.63) is 51.1 Å². The van der Waals surface area contributed by atoms with Crippen LogP contribution in [-0.4, -0.2) is 45.6 Å². The Bertz CT molecular complexity index is 852. The number of nitro groups is 1. The first kappa shape index (κ1) is 18.0. The van der Waals surface area contributed by atoms with Crippen LogP contribution in [0, 0.1) is 24.0 Å². The van der Waals surface area contributed by atoms with E-state index in [1.807, 2.05) is 19.1 Å². The molecule has 2 aliphatic rings. The lowest BCUT2D eigenvalue weighted by Crippen LogP contribution is -2.46. The van der Waals surface area contributed by atoms with Crippen LogP contribution in [0.3, 0.4) is 0 Å². The largest absolute Gasteiger partial charge is 0.369 e. The van der Waals surface area contributed by atoms with E-state index < -0.39 is 0 Å². The van der Waals surface area contributed by atoms with Gasteiger partial charge in [0.2, 0.25) is 0 Å². The van der Waals surface area contributed by atoms with Gasteiger partial charge in [0.05, 0.1) is 16.3 Å². The molecule has 7 nitrogen and oxygen atoms in total. The molecule has 0 radical (unpaired) electrons. The van der Waals surface area contributed by atoms with Crippen molar-refractivity contribution in [1.82, 2.24) is 14.5 Å². The molecule has 0 N–H and O–H groups in total. The molecule has 0 unspecified atom stereocenters. The van der Waals surface area contributed by atoms with Crippen LogP contribution in [0.1, 0.15) is 35.6 Å². The summed E-state index contributed by atoms with van der Waals surface area (Å²) in [4.78, 5) is 20.3. The van der Waals surface area contributed by atoms with Crippen molar-refractivity contribution in [3.8, 4) is 0 Å². The van der Waals surface area contributed by atoms with Crippen LogP contribution in [0.5, 0.6) is 0 Å². The molecule has 27 heavy (non-hydrogen) atoms. The average molecular weight is 369 g/mol. The highest BCUT2D eigenvalue weighted by Crippen LogP contribution is 2.26. The fraction of sp³-hybridized carbons (Fsp3) is 0.550. The summed E-state index contributed by atoms with van der Waals surface area (Å²) in [5, 5.41) is 11.0. The average Bonchev–Trinajstić information content (AvgIpc) is 2.97. The van der Waals surface area contributed by atoms with Crippen LogP contribution in [0.4, 0.5) is 11.4 Å². The van der Waals surface area contributed by atoms with Crippen molar-refractivity contribution in [1.29, 1.82) is 0 Å². The highest BCUT2D eigenvalue weighted by Gasteiger charge is 2.23. The predicted molar refractivity (Wildman–Crippen MR) is 105 cm³/mol. The van der Waals surface area contributed by atoms with Gasteiger partial charge in [0.25, 0.3) is 5.69 Å². The van der Waals surface area contributed by atoms with E-state index in [2.05, 4.69) is 21.3 Å². The zero-order valence-electron chi connectivity index (χ0n) is 16.1. The molecule has 0 bridgehead atoms. The second kappa shape index (κ2) is 7.31. The Hall–Kier alpha value is -2.41. The SMILES string of the molecule is Cc1cc(N2CCN(Cc3c(C)nc4n3CCCC4)CC2)ccc1[N+](=O)[O-]. The minimum Gasteiger partial charge on any atom is -0.369 e. The number of nitro benzene ring substituents is 1. The van der Waals surface area contributed by atoms with E-state index in [1.54, 1.807) is 6.07 Å². The van der Waals surface area contributed by atoms with Crippen LogP contribution in [-0.2, 0) is 19.5 Å². The molecule has 0 amide bonds. The van der Waals surface area contributed by atoms with Crippen molar-refractivity contribution in [2.45, 2.75) is 46.2 Å².